The van der Waals surface area contributed by atoms with E-state index in [-0.39, 0.29) is 30.5 Å². The summed E-state index contributed by atoms with van der Waals surface area (Å²) in [6.45, 7) is 5.97. The number of anilines is 1. The number of imidazole rings is 1. The molecule has 1 aromatic heterocycles. The van der Waals surface area contributed by atoms with Crippen LogP contribution in [0.4, 0.5) is 10.1 Å². The monoisotopic (exact) mass is 439 g/mol. The number of rotatable bonds is 8. The summed E-state index contributed by atoms with van der Waals surface area (Å²) in [7, 11) is 1.45. The van der Waals surface area contributed by atoms with Crippen molar-refractivity contribution in [3.63, 3.8) is 0 Å². The summed E-state index contributed by atoms with van der Waals surface area (Å²) in [5, 5.41) is 2.67. The Balaban J connectivity index is 1.78. The molecule has 0 saturated heterocycles. The SMILES string of the molecule is CCOC(=O)c1[nH]c(C(C)C)nc1-c1ccc(CC(=O)Nc2cc(F)ccc2OC)cc1. The molecule has 1 heterocycles. The topological polar surface area (TPSA) is 93.3 Å². The third kappa shape index (κ3) is 5.32. The van der Waals surface area contributed by atoms with Crippen LogP contribution < -0.4 is 10.1 Å². The zero-order chi connectivity index (χ0) is 23.3. The third-order valence-electron chi connectivity index (χ3n) is 4.78. The average molecular weight is 439 g/mol. The van der Waals surface area contributed by atoms with Crippen molar-refractivity contribution in [3.05, 3.63) is 65.4 Å². The highest BCUT2D eigenvalue weighted by molar-refractivity contribution is 5.95. The summed E-state index contributed by atoms with van der Waals surface area (Å²) in [4.78, 5) is 32.4. The number of ether oxygens (including phenoxy) is 2. The van der Waals surface area contributed by atoms with Gasteiger partial charge in [-0.1, -0.05) is 38.1 Å². The fourth-order valence-electron chi connectivity index (χ4n) is 3.16. The Kier molecular flexibility index (Phi) is 7.25. The van der Waals surface area contributed by atoms with Gasteiger partial charge in [-0.15, -0.1) is 0 Å². The first-order valence-corrected chi connectivity index (χ1v) is 10.3. The van der Waals surface area contributed by atoms with Crippen LogP contribution in [0.1, 0.15) is 48.6 Å². The lowest BCUT2D eigenvalue weighted by Gasteiger charge is -2.10. The number of esters is 1. The minimum absolute atomic E-state index is 0.0858. The Labute approximate surface area is 186 Å². The van der Waals surface area contributed by atoms with Gasteiger partial charge in [0, 0.05) is 17.5 Å². The van der Waals surface area contributed by atoms with E-state index in [0.717, 1.165) is 11.1 Å². The number of amides is 1. The average Bonchev–Trinajstić information content (AvgIpc) is 3.20. The highest BCUT2D eigenvalue weighted by atomic mass is 19.1. The Morgan fingerprint density at radius 3 is 2.50 bits per heavy atom. The fraction of sp³-hybridized carbons (Fsp3) is 0.292. The number of hydrogen-bond acceptors (Lipinski definition) is 5. The van der Waals surface area contributed by atoms with Gasteiger partial charge in [-0.05, 0) is 24.6 Å². The van der Waals surface area contributed by atoms with Crippen molar-refractivity contribution in [1.29, 1.82) is 0 Å². The van der Waals surface area contributed by atoms with Crippen LogP contribution in [0.25, 0.3) is 11.3 Å². The Hall–Kier alpha value is -3.68. The van der Waals surface area contributed by atoms with E-state index >= 15 is 0 Å². The molecule has 0 fully saturated rings. The molecular formula is C24H26FN3O4. The van der Waals surface area contributed by atoms with Gasteiger partial charge in [-0.3, -0.25) is 4.79 Å². The summed E-state index contributed by atoms with van der Waals surface area (Å²) in [6, 6.07) is 11.1. The van der Waals surface area contributed by atoms with Gasteiger partial charge in [0.05, 0.1) is 25.8 Å². The van der Waals surface area contributed by atoms with Crippen LogP contribution >= 0.6 is 0 Å². The Bertz CT molecular complexity index is 1110. The molecule has 0 atom stereocenters. The molecule has 32 heavy (non-hydrogen) atoms. The molecule has 0 saturated carbocycles. The minimum atomic E-state index is -0.470. The molecule has 0 radical (unpaired) electrons. The lowest BCUT2D eigenvalue weighted by atomic mass is 10.1. The van der Waals surface area contributed by atoms with E-state index in [9.17, 15) is 14.0 Å². The number of benzene rings is 2. The normalized spacial score (nSPS) is 10.8. The van der Waals surface area contributed by atoms with Gasteiger partial charge >= 0.3 is 5.97 Å². The summed E-state index contributed by atoms with van der Waals surface area (Å²) in [5.74, 6) is -0.0657. The second kappa shape index (κ2) is 10.1. The fourth-order valence-corrected chi connectivity index (χ4v) is 3.16. The second-order valence-corrected chi connectivity index (χ2v) is 7.49. The molecule has 1 amide bonds. The molecule has 0 spiro atoms. The first kappa shape index (κ1) is 23.0. The first-order chi connectivity index (χ1) is 15.3. The molecule has 7 nitrogen and oxygen atoms in total. The number of halogens is 1. The molecule has 168 valence electrons. The molecule has 3 rings (SSSR count). The van der Waals surface area contributed by atoms with Crippen LogP contribution in [0.5, 0.6) is 5.75 Å². The lowest BCUT2D eigenvalue weighted by Crippen LogP contribution is -2.15. The van der Waals surface area contributed by atoms with Gasteiger partial charge in [-0.2, -0.15) is 0 Å². The van der Waals surface area contributed by atoms with Crippen molar-refractivity contribution in [3.8, 4) is 17.0 Å². The van der Waals surface area contributed by atoms with E-state index in [1.165, 1.54) is 25.3 Å². The van der Waals surface area contributed by atoms with Gasteiger partial charge in [-0.25, -0.2) is 14.2 Å². The smallest absolute Gasteiger partial charge is 0.357 e. The lowest BCUT2D eigenvalue weighted by molar-refractivity contribution is -0.115. The summed E-state index contributed by atoms with van der Waals surface area (Å²) < 4.78 is 23.8. The van der Waals surface area contributed by atoms with Crippen LogP contribution in [-0.2, 0) is 16.0 Å². The highest BCUT2D eigenvalue weighted by Crippen LogP contribution is 2.27. The van der Waals surface area contributed by atoms with Crippen molar-refractivity contribution in [2.45, 2.75) is 33.1 Å². The van der Waals surface area contributed by atoms with Gasteiger partial charge in [0.25, 0.3) is 0 Å². The maximum absolute atomic E-state index is 13.5. The summed E-state index contributed by atoms with van der Waals surface area (Å²) in [6.07, 6.45) is 0.0858. The number of H-pyrrole nitrogens is 1. The summed E-state index contributed by atoms with van der Waals surface area (Å²) in [5.41, 5.74) is 2.56. The molecular weight excluding hydrogens is 413 g/mol. The zero-order valence-corrected chi connectivity index (χ0v) is 18.5. The Morgan fingerprint density at radius 1 is 1.16 bits per heavy atom. The first-order valence-electron chi connectivity index (χ1n) is 10.3. The van der Waals surface area contributed by atoms with E-state index in [1.54, 1.807) is 31.2 Å². The number of aromatic amines is 1. The predicted molar refractivity (Wildman–Crippen MR) is 119 cm³/mol. The molecule has 0 aliphatic heterocycles. The number of hydrogen-bond donors (Lipinski definition) is 2. The Morgan fingerprint density at radius 2 is 1.88 bits per heavy atom. The minimum Gasteiger partial charge on any atom is -0.495 e. The van der Waals surface area contributed by atoms with Crippen LogP contribution in [0, 0.1) is 5.82 Å². The molecule has 0 aliphatic carbocycles. The van der Waals surface area contributed by atoms with Crippen molar-refractivity contribution in [2.75, 3.05) is 19.0 Å². The zero-order valence-electron chi connectivity index (χ0n) is 18.5. The number of carbonyl (C=O) groups is 2. The van der Waals surface area contributed by atoms with Crippen molar-refractivity contribution in [1.82, 2.24) is 9.97 Å². The predicted octanol–water partition coefficient (Wildman–Crippen LogP) is 4.71. The third-order valence-corrected chi connectivity index (χ3v) is 4.78. The molecule has 2 N–H and O–H groups in total. The van der Waals surface area contributed by atoms with E-state index in [1.807, 2.05) is 13.8 Å². The van der Waals surface area contributed by atoms with E-state index < -0.39 is 11.8 Å². The van der Waals surface area contributed by atoms with E-state index in [4.69, 9.17) is 9.47 Å². The molecule has 8 heteroatoms. The molecule has 0 unspecified atom stereocenters. The molecule has 0 aliphatic rings. The van der Waals surface area contributed by atoms with Gasteiger partial charge in [0.15, 0.2) is 5.69 Å². The van der Waals surface area contributed by atoms with Crippen molar-refractivity contribution in [2.24, 2.45) is 0 Å². The number of aromatic nitrogens is 2. The van der Waals surface area contributed by atoms with E-state index in [0.29, 0.717) is 23.0 Å². The number of nitrogens with one attached hydrogen (secondary N) is 2. The number of nitrogens with zero attached hydrogens (tertiary/aromatic N) is 1. The molecule has 0 bridgehead atoms. The van der Waals surface area contributed by atoms with Crippen LogP contribution in [0.3, 0.4) is 0 Å². The summed E-state index contributed by atoms with van der Waals surface area (Å²) >= 11 is 0. The van der Waals surface area contributed by atoms with E-state index in [2.05, 4.69) is 15.3 Å². The van der Waals surface area contributed by atoms with Gasteiger partial charge in [0.1, 0.15) is 23.1 Å². The van der Waals surface area contributed by atoms with Gasteiger partial charge < -0.3 is 19.8 Å². The number of carbonyl (C=O) groups excluding carboxylic acids is 2. The largest absolute Gasteiger partial charge is 0.495 e. The van der Waals surface area contributed by atoms with Crippen LogP contribution in [0.2, 0.25) is 0 Å². The standard InChI is InChI=1S/C24H26FN3O4/c1-5-32-24(30)22-21(27-23(28-22)14(2)3)16-8-6-15(7-9-16)12-20(29)26-18-13-17(25)10-11-19(18)31-4/h6-11,13-14H,5,12H2,1-4H3,(H,26,29)(H,27,28). The molecule has 3 aromatic rings. The maximum atomic E-state index is 13.5. The maximum Gasteiger partial charge on any atom is 0.357 e. The van der Waals surface area contributed by atoms with Crippen LogP contribution in [-0.4, -0.2) is 35.6 Å². The second-order valence-electron chi connectivity index (χ2n) is 7.49. The van der Waals surface area contributed by atoms with Crippen LogP contribution in [0.15, 0.2) is 42.5 Å². The molecule has 2 aromatic carbocycles. The quantitative estimate of drug-likeness (QED) is 0.496. The number of methoxy groups -OCH3 is 1. The van der Waals surface area contributed by atoms with Crippen molar-refractivity contribution < 1.29 is 23.5 Å². The van der Waals surface area contributed by atoms with Crippen molar-refractivity contribution >= 4 is 17.6 Å². The highest BCUT2D eigenvalue weighted by Gasteiger charge is 2.21. The van der Waals surface area contributed by atoms with Gasteiger partial charge in [0.2, 0.25) is 5.91 Å².